The molecule has 0 saturated carbocycles. The van der Waals surface area contributed by atoms with Crippen molar-refractivity contribution in [2.45, 2.75) is 6.61 Å². The van der Waals surface area contributed by atoms with Crippen LogP contribution in [-0.2, 0) is 11.4 Å². The Morgan fingerprint density at radius 2 is 1.81 bits per heavy atom. The van der Waals surface area contributed by atoms with E-state index in [1.807, 2.05) is 18.2 Å². The highest BCUT2D eigenvalue weighted by molar-refractivity contribution is 6.30. The summed E-state index contributed by atoms with van der Waals surface area (Å²) in [7, 11) is 0. The van der Waals surface area contributed by atoms with Crippen LogP contribution in [0.3, 0.4) is 0 Å². The van der Waals surface area contributed by atoms with Crippen LogP contribution in [0.2, 0.25) is 5.02 Å². The molecule has 0 bridgehead atoms. The molecular formula is C24H17ClN2O4. The van der Waals surface area contributed by atoms with Crippen molar-refractivity contribution in [2.24, 2.45) is 0 Å². The van der Waals surface area contributed by atoms with E-state index in [-0.39, 0.29) is 16.8 Å². The van der Waals surface area contributed by atoms with Crippen LogP contribution in [0.4, 0.5) is 5.69 Å². The standard InChI is InChI=1S/C24H17ClN2O4/c25-19-10-8-16(9-11-19)15-31-20-5-3-4-17(13-20)12-18(14-26)23(28)27-22-7-2-1-6-21(22)24(29)30/h1-13H,15H2,(H,27,28)(H,29,30)/b18-12+. The summed E-state index contributed by atoms with van der Waals surface area (Å²) in [5.74, 6) is -1.31. The molecule has 0 radical (unpaired) electrons. The zero-order valence-electron chi connectivity index (χ0n) is 16.2. The van der Waals surface area contributed by atoms with Crippen LogP contribution in [0.15, 0.2) is 78.4 Å². The van der Waals surface area contributed by atoms with Gasteiger partial charge in [-0.3, -0.25) is 4.79 Å². The lowest BCUT2D eigenvalue weighted by atomic mass is 10.1. The fourth-order valence-electron chi connectivity index (χ4n) is 2.72. The van der Waals surface area contributed by atoms with E-state index in [1.54, 1.807) is 48.5 Å². The lowest BCUT2D eigenvalue weighted by Gasteiger charge is -2.09. The molecular weight excluding hydrogens is 416 g/mol. The lowest BCUT2D eigenvalue weighted by molar-refractivity contribution is -0.112. The summed E-state index contributed by atoms with van der Waals surface area (Å²) < 4.78 is 5.76. The number of anilines is 1. The molecule has 2 N–H and O–H groups in total. The maximum atomic E-state index is 12.5. The second kappa shape index (κ2) is 10.1. The Labute approximate surface area is 184 Å². The highest BCUT2D eigenvalue weighted by atomic mass is 35.5. The predicted molar refractivity (Wildman–Crippen MR) is 118 cm³/mol. The van der Waals surface area contributed by atoms with Crippen LogP contribution in [0.1, 0.15) is 21.5 Å². The number of hydrogen-bond donors (Lipinski definition) is 2. The molecule has 3 aromatic rings. The monoisotopic (exact) mass is 432 g/mol. The Balaban J connectivity index is 1.74. The summed E-state index contributed by atoms with van der Waals surface area (Å²) in [5.41, 5.74) is 1.41. The Morgan fingerprint density at radius 1 is 1.06 bits per heavy atom. The van der Waals surface area contributed by atoms with Gasteiger partial charge in [-0.05, 0) is 53.6 Å². The van der Waals surface area contributed by atoms with Gasteiger partial charge >= 0.3 is 5.97 Å². The largest absolute Gasteiger partial charge is 0.489 e. The van der Waals surface area contributed by atoms with E-state index in [0.717, 1.165) is 5.56 Å². The van der Waals surface area contributed by atoms with Crippen LogP contribution in [0.5, 0.6) is 5.75 Å². The number of carboxylic acid groups (broad SMARTS) is 1. The second-order valence-corrected chi connectivity index (χ2v) is 6.90. The molecule has 7 heteroatoms. The number of hydrogen-bond acceptors (Lipinski definition) is 4. The number of benzene rings is 3. The number of nitrogens with one attached hydrogen (secondary N) is 1. The number of halogens is 1. The highest BCUT2D eigenvalue weighted by Gasteiger charge is 2.15. The molecule has 154 valence electrons. The van der Waals surface area contributed by atoms with E-state index < -0.39 is 11.9 Å². The number of nitrogens with zero attached hydrogens (tertiary/aromatic N) is 1. The summed E-state index contributed by atoms with van der Waals surface area (Å²) in [4.78, 5) is 23.8. The van der Waals surface area contributed by atoms with Gasteiger partial charge in [-0.2, -0.15) is 5.26 Å². The summed E-state index contributed by atoms with van der Waals surface area (Å²) in [5, 5.41) is 21.8. The van der Waals surface area contributed by atoms with Crippen LogP contribution in [0.25, 0.3) is 6.08 Å². The van der Waals surface area contributed by atoms with Crippen molar-refractivity contribution < 1.29 is 19.4 Å². The van der Waals surface area contributed by atoms with E-state index in [4.69, 9.17) is 16.3 Å². The van der Waals surface area contributed by atoms with Gasteiger partial charge in [0, 0.05) is 5.02 Å². The molecule has 0 heterocycles. The number of aromatic carboxylic acids is 1. The molecule has 0 aliphatic rings. The third-order valence-electron chi connectivity index (χ3n) is 4.26. The minimum absolute atomic E-state index is 0.0641. The molecule has 3 aromatic carbocycles. The van der Waals surface area contributed by atoms with E-state index in [2.05, 4.69) is 5.32 Å². The third kappa shape index (κ3) is 5.95. The number of carbonyl (C=O) groups excluding carboxylic acids is 1. The molecule has 0 aliphatic heterocycles. The molecule has 0 aliphatic carbocycles. The summed E-state index contributed by atoms with van der Waals surface area (Å²) >= 11 is 5.88. The molecule has 3 rings (SSSR count). The lowest BCUT2D eigenvalue weighted by Crippen LogP contribution is -2.16. The van der Waals surface area contributed by atoms with Crippen molar-refractivity contribution >= 4 is 35.2 Å². The van der Waals surface area contributed by atoms with Crippen molar-refractivity contribution in [2.75, 3.05) is 5.32 Å². The fraction of sp³-hybridized carbons (Fsp3) is 0.0417. The topological polar surface area (TPSA) is 99.4 Å². The first-order chi connectivity index (χ1) is 15.0. The average molecular weight is 433 g/mol. The van der Waals surface area contributed by atoms with E-state index in [1.165, 1.54) is 18.2 Å². The Morgan fingerprint density at radius 3 is 2.52 bits per heavy atom. The van der Waals surface area contributed by atoms with Gasteiger partial charge in [-0.1, -0.05) is 48.0 Å². The SMILES string of the molecule is N#C/C(=C\c1cccc(OCc2ccc(Cl)cc2)c1)C(=O)Nc1ccccc1C(=O)O. The van der Waals surface area contributed by atoms with Crippen molar-refractivity contribution in [3.8, 4) is 11.8 Å². The minimum Gasteiger partial charge on any atom is -0.489 e. The number of carboxylic acids is 1. The summed E-state index contributed by atoms with van der Waals surface area (Å²) in [6.45, 7) is 0.335. The number of carbonyl (C=O) groups is 2. The van der Waals surface area contributed by atoms with Gasteiger partial charge in [0.15, 0.2) is 0 Å². The summed E-state index contributed by atoms with van der Waals surface area (Å²) in [6.07, 6.45) is 1.41. The quantitative estimate of drug-likeness (QED) is 0.396. The normalized spacial score (nSPS) is 10.8. The second-order valence-electron chi connectivity index (χ2n) is 6.46. The van der Waals surface area contributed by atoms with Gasteiger partial charge in [-0.15, -0.1) is 0 Å². The predicted octanol–water partition coefficient (Wildman–Crippen LogP) is 5.16. The fourth-order valence-corrected chi connectivity index (χ4v) is 2.85. The Bertz CT molecular complexity index is 1180. The first-order valence-electron chi connectivity index (χ1n) is 9.19. The van der Waals surface area contributed by atoms with Crippen molar-refractivity contribution in [1.82, 2.24) is 0 Å². The Kier molecular flexibility index (Phi) is 7.05. The number of para-hydroxylation sites is 1. The van der Waals surface area contributed by atoms with E-state index in [9.17, 15) is 20.0 Å². The molecule has 0 saturated heterocycles. The number of ether oxygens (including phenoxy) is 1. The van der Waals surface area contributed by atoms with Gasteiger partial charge in [0.1, 0.15) is 24.0 Å². The molecule has 31 heavy (non-hydrogen) atoms. The minimum atomic E-state index is -1.18. The number of nitriles is 1. The summed E-state index contributed by atoms with van der Waals surface area (Å²) in [6, 6.07) is 22.0. The molecule has 0 atom stereocenters. The van der Waals surface area contributed by atoms with Gasteiger partial charge in [0.2, 0.25) is 0 Å². The van der Waals surface area contributed by atoms with E-state index >= 15 is 0 Å². The number of amides is 1. The molecule has 0 unspecified atom stereocenters. The first kappa shape index (κ1) is 21.6. The van der Waals surface area contributed by atoms with Crippen molar-refractivity contribution in [1.29, 1.82) is 5.26 Å². The third-order valence-corrected chi connectivity index (χ3v) is 4.51. The van der Waals surface area contributed by atoms with Crippen LogP contribution in [-0.4, -0.2) is 17.0 Å². The molecule has 1 amide bonds. The van der Waals surface area contributed by atoms with Gasteiger partial charge in [0.25, 0.3) is 5.91 Å². The maximum absolute atomic E-state index is 12.5. The van der Waals surface area contributed by atoms with E-state index in [0.29, 0.717) is 22.9 Å². The molecule has 6 nitrogen and oxygen atoms in total. The maximum Gasteiger partial charge on any atom is 0.337 e. The van der Waals surface area contributed by atoms with Gasteiger partial charge < -0.3 is 15.2 Å². The van der Waals surface area contributed by atoms with Crippen LogP contribution >= 0.6 is 11.6 Å². The zero-order valence-corrected chi connectivity index (χ0v) is 17.0. The average Bonchev–Trinajstić information content (AvgIpc) is 2.77. The number of rotatable bonds is 7. The molecule has 0 spiro atoms. The van der Waals surface area contributed by atoms with Crippen molar-refractivity contribution in [3.05, 3.63) is 100 Å². The smallest absolute Gasteiger partial charge is 0.337 e. The molecule has 0 fully saturated rings. The zero-order chi connectivity index (χ0) is 22.2. The van der Waals surface area contributed by atoms with Crippen LogP contribution in [0, 0.1) is 11.3 Å². The molecule has 0 aromatic heterocycles. The van der Waals surface area contributed by atoms with Crippen molar-refractivity contribution in [3.63, 3.8) is 0 Å². The first-order valence-corrected chi connectivity index (χ1v) is 9.57. The van der Waals surface area contributed by atoms with Gasteiger partial charge in [-0.25, -0.2) is 4.79 Å². The van der Waals surface area contributed by atoms with Crippen LogP contribution < -0.4 is 10.1 Å². The van der Waals surface area contributed by atoms with Gasteiger partial charge in [0.05, 0.1) is 11.3 Å². The Hall–Kier alpha value is -4.08. The highest BCUT2D eigenvalue weighted by Crippen LogP contribution is 2.20.